The molecule has 0 aliphatic rings. The second-order valence-electron chi connectivity index (χ2n) is 6.15. The van der Waals surface area contributed by atoms with Crippen LogP contribution in [-0.2, 0) is 13.0 Å². The lowest BCUT2D eigenvalue weighted by Crippen LogP contribution is -2.38. The molecule has 0 saturated carbocycles. The molecule has 2 aromatic heterocycles. The normalized spacial score (nSPS) is 11.7. The number of aromatic nitrogens is 2. The molecule has 1 aromatic carbocycles. The van der Waals surface area contributed by atoms with E-state index < -0.39 is 0 Å². The second kappa shape index (κ2) is 8.47. The van der Waals surface area contributed by atoms with E-state index in [0.29, 0.717) is 13.1 Å². The third kappa shape index (κ3) is 4.59. The number of fused-ring (bicyclic) bond motifs is 1. The van der Waals surface area contributed by atoms with Crippen LogP contribution < -0.4 is 10.6 Å². The number of rotatable bonds is 6. The highest BCUT2D eigenvalue weighted by atomic mass is 19.1. The summed E-state index contributed by atoms with van der Waals surface area (Å²) < 4.78 is 13.5. The standard InChI is InChI=1S/C20H24FN5/c1-3-22-20(25-13-17-6-4-5-14(2)26-17)23-10-9-15-12-24-19-8-7-16(21)11-18(15)19/h4-8,11-12,24H,3,9-10,13H2,1-2H3,(H2,22,23,25). The van der Waals surface area contributed by atoms with Gasteiger partial charge in [0.05, 0.1) is 12.2 Å². The zero-order chi connectivity index (χ0) is 18.4. The zero-order valence-electron chi connectivity index (χ0n) is 15.1. The number of H-pyrrole nitrogens is 1. The van der Waals surface area contributed by atoms with Crippen molar-refractivity contribution in [3.8, 4) is 0 Å². The number of aliphatic imine (C=N–C) groups is 1. The Balaban J connectivity index is 1.61. The molecule has 26 heavy (non-hydrogen) atoms. The molecule has 0 amide bonds. The molecule has 5 nitrogen and oxygen atoms in total. The van der Waals surface area contributed by atoms with Crippen LogP contribution in [0.2, 0.25) is 0 Å². The average molecular weight is 353 g/mol. The van der Waals surface area contributed by atoms with Crippen molar-refractivity contribution in [2.24, 2.45) is 4.99 Å². The number of halogens is 1. The van der Waals surface area contributed by atoms with Crippen molar-refractivity contribution < 1.29 is 4.39 Å². The minimum Gasteiger partial charge on any atom is -0.361 e. The molecule has 136 valence electrons. The molecule has 0 radical (unpaired) electrons. The summed E-state index contributed by atoms with van der Waals surface area (Å²) >= 11 is 0. The molecule has 3 aromatic rings. The summed E-state index contributed by atoms with van der Waals surface area (Å²) in [6, 6.07) is 10.7. The minimum absolute atomic E-state index is 0.216. The van der Waals surface area contributed by atoms with E-state index in [1.54, 1.807) is 12.1 Å². The smallest absolute Gasteiger partial charge is 0.191 e. The van der Waals surface area contributed by atoms with Gasteiger partial charge in [0, 0.05) is 35.9 Å². The van der Waals surface area contributed by atoms with Gasteiger partial charge in [-0.05, 0) is 56.2 Å². The van der Waals surface area contributed by atoms with Crippen molar-refractivity contribution in [1.29, 1.82) is 0 Å². The predicted octanol–water partition coefficient (Wildman–Crippen LogP) is 3.31. The molecule has 0 fully saturated rings. The van der Waals surface area contributed by atoms with Crippen LogP contribution in [0, 0.1) is 12.7 Å². The Labute approximate surface area is 152 Å². The number of aromatic amines is 1. The van der Waals surface area contributed by atoms with E-state index >= 15 is 0 Å². The van der Waals surface area contributed by atoms with Gasteiger partial charge in [0.15, 0.2) is 5.96 Å². The Morgan fingerprint density at radius 3 is 2.92 bits per heavy atom. The Morgan fingerprint density at radius 2 is 2.12 bits per heavy atom. The van der Waals surface area contributed by atoms with Gasteiger partial charge in [0.2, 0.25) is 0 Å². The first-order valence-electron chi connectivity index (χ1n) is 8.86. The predicted molar refractivity (Wildman–Crippen MR) is 104 cm³/mol. The summed E-state index contributed by atoms with van der Waals surface area (Å²) in [5.41, 5.74) is 3.97. The number of pyridine rings is 1. The number of nitrogens with zero attached hydrogens (tertiary/aromatic N) is 2. The lowest BCUT2D eigenvalue weighted by Gasteiger charge is -2.11. The van der Waals surface area contributed by atoms with Crippen LogP contribution in [-0.4, -0.2) is 29.0 Å². The summed E-state index contributed by atoms with van der Waals surface area (Å²) in [6.45, 7) is 6.02. The maximum absolute atomic E-state index is 13.5. The maximum atomic E-state index is 13.5. The van der Waals surface area contributed by atoms with Gasteiger partial charge in [-0.1, -0.05) is 6.07 Å². The van der Waals surface area contributed by atoms with Crippen LogP contribution in [0.3, 0.4) is 0 Å². The van der Waals surface area contributed by atoms with Crippen molar-refractivity contribution in [3.63, 3.8) is 0 Å². The Morgan fingerprint density at radius 1 is 1.23 bits per heavy atom. The van der Waals surface area contributed by atoms with Crippen LogP contribution in [0.15, 0.2) is 47.6 Å². The van der Waals surface area contributed by atoms with E-state index in [9.17, 15) is 4.39 Å². The summed E-state index contributed by atoms with van der Waals surface area (Å²) in [7, 11) is 0. The quantitative estimate of drug-likeness (QED) is 0.470. The first-order chi connectivity index (χ1) is 12.7. The van der Waals surface area contributed by atoms with E-state index in [4.69, 9.17) is 0 Å². The monoisotopic (exact) mass is 353 g/mol. The third-order valence-electron chi connectivity index (χ3n) is 4.11. The molecule has 0 aliphatic heterocycles. The topological polar surface area (TPSA) is 65.1 Å². The van der Waals surface area contributed by atoms with Gasteiger partial charge in [0.25, 0.3) is 0 Å². The number of aryl methyl sites for hydroxylation is 1. The Kier molecular flexibility index (Phi) is 5.84. The van der Waals surface area contributed by atoms with Gasteiger partial charge in [-0.15, -0.1) is 0 Å². The van der Waals surface area contributed by atoms with Gasteiger partial charge in [-0.3, -0.25) is 4.98 Å². The van der Waals surface area contributed by atoms with Crippen LogP contribution in [0.5, 0.6) is 0 Å². The fourth-order valence-electron chi connectivity index (χ4n) is 2.86. The summed E-state index contributed by atoms with van der Waals surface area (Å²) in [6.07, 6.45) is 2.71. The molecule has 0 saturated heterocycles. The second-order valence-corrected chi connectivity index (χ2v) is 6.15. The highest BCUT2D eigenvalue weighted by molar-refractivity contribution is 5.83. The molecular formula is C20H24FN5. The SMILES string of the molecule is CCNC(=NCc1cccc(C)n1)NCCc1c[nH]c2ccc(F)cc12. The van der Waals surface area contributed by atoms with Gasteiger partial charge >= 0.3 is 0 Å². The van der Waals surface area contributed by atoms with E-state index in [0.717, 1.165) is 46.8 Å². The lowest BCUT2D eigenvalue weighted by atomic mass is 10.1. The highest BCUT2D eigenvalue weighted by Crippen LogP contribution is 2.19. The van der Waals surface area contributed by atoms with Crippen molar-refractivity contribution in [2.45, 2.75) is 26.8 Å². The molecule has 0 atom stereocenters. The van der Waals surface area contributed by atoms with Crippen molar-refractivity contribution >= 4 is 16.9 Å². The number of guanidine groups is 1. The molecule has 0 bridgehead atoms. The zero-order valence-corrected chi connectivity index (χ0v) is 15.1. The summed E-state index contributed by atoms with van der Waals surface area (Å²) in [4.78, 5) is 12.2. The number of nitrogens with one attached hydrogen (secondary N) is 3. The fourth-order valence-corrected chi connectivity index (χ4v) is 2.86. The van der Waals surface area contributed by atoms with Crippen molar-refractivity contribution in [1.82, 2.24) is 20.6 Å². The van der Waals surface area contributed by atoms with E-state index in [1.165, 1.54) is 6.07 Å². The van der Waals surface area contributed by atoms with Crippen LogP contribution in [0.4, 0.5) is 4.39 Å². The van der Waals surface area contributed by atoms with E-state index in [-0.39, 0.29) is 5.82 Å². The lowest BCUT2D eigenvalue weighted by molar-refractivity contribution is 0.629. The number of hydrogen-bond donors (Lipinski definition) is 3. The fraction of sp³-hybridized carbons (Fsp3) is 0.300. The highest BCUT2D eigenvalue weighted by Gasteiger charge is 2.05. The average Bonchev–Trinajstić information content (AvgIpc) is 3.02. The van der Waals surface area contributed by atoms with Crippen molar-refractivity contribution in [2.75, 3.05) is 13.1 Å². The minimum atomic E-state index is -0.216. The summed E-state index contributed by atoms with van der Waals surface area (Å²) in [5, 5.41) is 7.49. The van der Waals surface area contributed by atoms with Crippen molar-refractivity contribution in [3.05, 3.63) is 65.4 Å². The van der Waals surface area contributed by atoms with E-state index in [1.807, 2.05) is 38.2 Å². The first kappa shape index (κ1) is 17.9. The third-order valence-corrected chi connectivity index (χ3v) is 4.11. The molecular weight excluding hydrogens is 329 g/mol. The number of hydrogen-bond acceptors (Lipinski definition) is 2. The van der Waals surface area contributed by atoms with Gasteiger partial charge in [0.1, 0.15) is 5.82 Å². The first-order valence-corrected chi connectivity index (χ1v) is 8.86. The van der Waals surface area contributed by atoms with Crippen LogP contribution in [0.1, 0.15) is 23.9 Å². The molecule has 0 spiro atoms. The maximum Gasteiger partial charge on any atom is 0.191 e. The molecule has 0 unspecified atom stereocenters. The molecule has 6 heteroatoms. The van der Waals surface area contributed by atoms with E-state index in [2.05, 4.69) is 25.6 Å². The van der Waals surface area contributed by atoms with Crippen LogP contribution in [0.25, 0.3) is 10.9 Å². The Hall–Kier alpha value is -2.89. The largest absolute Gasteiger partial charge is 0.361 e. The summed E-state index contributed by atoms with van der Waals surface area (Å²) in [5.74, 6) is 0.536. The van der Waals surface area contributed by atoms with Crippen LogP contribution >= 0.6 is 0 Å². The van der Waals surface area contributed by atoms with Gasteiger partial charge in [-0.2, -0.15) is 0 Å². The molecule has 3 rings (SSSR count). The molecule has 3 N–H and O–H groups in total. The molecule has 2 heterocycles. The Bertz CT molecular complexity index is 900. The van der Waals surface area contributed by atoms with Gasteiger partial charge < -0.3 is 15.6 Å². The van der Waals surface area contributed by atoms with Gasteiger partial charge in [-0.25, -0.2) is 9.38 Å². The molecule has 0 aliphatic carbocycles. The number of benzene rings is 1.